The van der Waals surface area contributed by atoms with Crippen molar-refractivity contribution >= 4 is 22.0 Å². The molecule has 2 aromatic carbocycles. The van der Waals surface area contributed by atoms with Crippen molar-refractivity contribution in [3.63, 3.8) is 0 Å². The maximum absolute atomic E-state index is 2.47. The minimum absolute atomic E-state index is 1.33. The fourth-order valence-corrected chi connectivity index (χ4v) is 6.07. The molecule has 0 unspecified atom stereocenters. The first-order valence-corrected chi connectivity index (χ1v) is 17.0. The molecular formula is C18H24Sn. The van der Waals surface area contributed by atoms with Crippen molar-refractivity contribution < 1.29 is 0 Å². The predicted octanol–water partition coefficient (Wildman–Crippen LogP) is 4.82. The Bertz CT molecular complexity index is 604. The van der Waals surface area contributed by atoms with E-state index in [9.17, 15) is 0 Å². The van der Waals surface area contributed by atoms with Gasteiger partial charge in [0.25, 0.3) is 0 Å². The van der Waals surface area contributed by atoms with Crippen LogP contribution >= 0.6 is 0 Å². The van der Waals surface area contributed by atoms with Crippen molar-refractivity contribution in [2.24, 2.45) is 0 Å². The van der Waals surface area contributed by atoms with Crippen LogP contribution in [0, 0.1) is 20.8 Å². The summed E-state index contributed by atoms with van der Waals surface area (Å²) in [7, 11) is 0. The molecule has 0 atom stereocenters. The third-order valence-corrected chi connectivity index (χ3v) is 9.60. The van der Waals surface area contributed by atoms with Crippen molar-refractivity contribution in [3.05, 3.63) is 53.1 Å². The zero-order valence-electron chi connectivity index (χ0n) is 13.0. The summed E-state index contributed by atoms with van der Waals surface area (Å²) in [6.07, 6.45) is 0. The number of aryl methyl sites for hydroxylation is 3. The molecule has 1 heteroatoms. The summed E-state index contributed by atoms with van der Waals surface area (Å²) in [6, 6.07) is 13.8. The number of hydrogen-bond donors (Lipinski definition) is 0. The Balaban J connectivity index is 2.52. The molecule has 19 heavy (non-hydrogen) atoms. The number of rotatable bonds is 2. The maximum atomic E-state index is 2.47. The first-order chi connectivity index (χ1) is 8.79. The van der Waals surface area contributed by atoms with Gasteiger partial charge in [-0.25, -0.2) is 0 Å². The van der Waals surface area contributed by atoms with Crippen LogP contribution in [0.15, 0.2) is 36.4 Å². The molecular weight excluding hydrogens is 335 g/mol. The molecule has 100 valence electrons. The number of hydrogen-bond acceptors (Lipinski definition) is 0. The molecule has 0 aliphatic carbocycles. The van der Waals surface area contributed by atoms with Crippen LogP contribution in [0.2, 0.25) is 14.8 Å². The second-order valence-electron chi connectivity index (χ2n) is 6.60. The second kappa shape index (κ2) is 5.32. The molecule has 2 rings (SSSR count). The summed E-state index contributed by atoms with van der Waals surface area (Å²) in [4.78, 5) is 7.42. The third kappa shape index (κ3) is 3.22. The van der Waals surface area contributed by atoms with Gasteiger partial charge in [0.2, 0.25) is 0 Å². The van der Waals surface area contributed by atoms with Crippen molar-refractivity contribution in [2.45, 2.75) is 35.6 Å². The van der Waals surface area contributed by atoms with Crippen molar-refractivity contribution in [1.29, 1.82) is 0 Å². The van der Waals surface area contributed by atoms with E-state index in [1.165, 1.54) is 27.8 Å². The molecule has 0 radical (unpaired) electrons. The Morgan fingerprint density at radius 3 is 1.68 bits per heavy atom. The standard InChI is InChI=1S/C15H15.3CH3.Sn/c1-11-8-9-15(13(3)10-11)14-7-5-4-6-12(14)2;;;;/h5-10H,1-3H3;3*1H3;. The molecule has 0 saturated carbocycles. The summed E-state index contributed by atoms with van der Waals surface area (Å²) < 4.78 is 1.61. The molecule has 0 N–H and O–H groups in total. The van der Waals surface area contributed by atoms with Crippen LogP contribution in [0.25, 0.3) is 11.1 Å². The monoisotopic (exact) mass is 360 g/mol. The Morgan fingerprint density at radius 2 is 1.21 bits per heavy atom. The summed E-state index contributed by atoms with van der Waals surface area (Å²) >= 11 is -1.94. The first kappa shape index (κ1) is 14.6. The Kier molecular flexibility index (Phi) is 4.10. The van der Waals surface area contributed by atoms with Crippen molar-refractivity contribution in [2.75, 3.05) is 0 Å². The van der Waals surface area contributed by atoms with Crippen LogP contribution in [0.5, 0.6) is 0 Å². The topological polar surface area (TPSA) is 0 Å². The van der Waals surface area contributed by atoms with Crippen LogP contribution in [0.1, 0.15) is 16.7 Å². The Hall–Kier alpha value is -0.761. The molecule has 0 bridgehead atoms. The van der Waals surface area contributed by atoms with Gasteiger partial charge in [-0.15, -0.1) is 0 Å². The van der Waals surface area contributed by atoms with Gasteiger partial charge in [-0.05, 0) is 0 Å². The van der Waals surface area contributed by atoms with Crippen molar-refractivity contribution in [1.82, 2.24) is 0 Å². The zero-order valence-corrected chi connectivity index (χ0v) is 15.8. The van der Waals surface area contributed by atoms with E-state index in [1.807, 2.05) is 0 Å². The van der Waals surface area contributed by atoms with Gasteiger partial charge in [0, 0.05) is 0 Å². The van der Waals surface area contributed by atoms with Crippen LogP contribution in [-0.4, -0.2) is 18.4 Å². The van der Waals surface area contributed by atoms with E-state index < -0.39 is 18.4 Å². The molecule has 0 spiro atoms. The molecule has 2 aromatic rings. The summed E-state index contributed by atoms with van der Waals surface area (Å²) in [6.45, 7) is 6.61. The van der Waals surface area contributed by atoms with Gasteiger partial charge < -0.3 is 0 Å². The second-order valence-corrected chi connectivity index (χ2v) is 21.1. The van der Waals surface area contributed by atoms with Crippen LogP contribution < -0.4 is 3.58 Å². The first-order valence-electron chi connectivity index (χ1n) is 6.98. The van der Waals surface area contributed by atoms with Gasteiger partial charge in [-0.3, -0.25) is 0 Å². The predicted molar refractivity (Wildman–Crippen MR) is 89.1 cm³/mol. The van der Waals surface area contributed by atoms with Gasteiger partial charge in [0.05, 0.1) is 0 Å². The summed E-state index contributed by atoms with van der Waals surface area (Å²) in [5, 5.41) is 0. The molecule has 0 amide bonds. The summed E-state index contributed by atoms with van der Waals surface area (Å²) in [5.41, 5.74) is 6.88. The van der Waals surface area contributed by atoms with E-state index in [0.717, 1.165) is 0 Å². The minimum atomic E-state index is -1.94. The summed E-state index contributed by atoms with van der Waals surface area (Å²) in [5.74, 6) is 0. The molecule has 0 aliphatic heterocycles. The number of benzene rings is 2. The third-order valence-electron chi connectivity index (χ3n) is 3.76. The average molecular weight is 359 g/mol. The van der Waals surface area contributed by atoms with Crippen molar-refractivity contribution in [3.8, 4) is 11.1 Å². The van der Waals surface area contributed by atoms with E-state index in [0.29, 0.717) is 0 Å². The van der Waals surface area contributed by atoms with E-state index in [1.54, 1.807) is 3.58 Å². The van der Waals surface area contributed by atoms with Gasteiger partial charge in [0.15, 0.2) is 0 Å². The van der Waals surface area contributed by atoms with Gasteiger partial charge >= 0.3 is 122 Å². The fraction of sp³-hybridized carbons (Fsp3) is 0.333. The Labute approximate surface area is 121 Å². The molecule has 0 nitrogen and oxygen atoms in total. The van der Waals surface area contributed by atoms with E-state index in [2.05, 4.69) is 72.0 Å². The quantitative estimate of drug-likeness (QED) is 0.675. The van der Waals surface area contributed by atoms with Gasteiger partial charge in [-0.2, -0.15) is 0 Å². The van der Waals surface area contributed by atoms with Crippen LogP contribution in [-0.2, 0) is 0 Å². The fourth-order valence-electron chi connectivity index (χ4n) is 2.55. The van der Waals surface area contributed by atoms with E-state index in [4.69, 9.17) is 0 Å². The van der Waals surface area contributed by atoms with Crippen LogP contribution in [0.4, 0.5) is 0 Å². The van der Waals surface area contributed by atoms with Gasteiger partial charge in [0.1, 0.15) is 0 Å². The zero-order chi connectivity index (χ0) is 14.2. The average Bonchev–Trinajstić information content (AvgIpc) is 2.28. The van der Waals surface area contributed by atoms with E-state index >= 15 is 0 Å². The normalized spacial score (nSPS) is 11.7. The molecule has 0 heterocycles. The molecule has 0 aromatic heterocycles. The van der Waals surface area contributed by atoms with Crippen LogP contribution in [0.3, 0.4) is 0 Å². The molecule has 0 saturated heterocycles. The Morgan fingerprint density at radius 1 is 0.684 bits per heavy atom. The molecule has 0 aliphatic rings. The SMILES string of the molecule is Cc1ccc(-c2cc[c]([Sn]([CH3])([CH3])[CH3])cc2C)c(C)c1. The van der Waals surface area contributed by atoms with Gasteiger partial charge in [-0.1, -0.05) is 0 Å². The van der Waals surface area contributed by atoms with E-state index in [-0.39, 0.29) is 0 Å². The molecule has 0 fully saturated rings.